The fourth-order valence-electron chi connectivity index (χ4n) is 2.09. The number of sulfonamides is 1. The van der Waals surface area contributed by atoms with E-state index in [9.17, 15) is 13.5 Å². The van der Waals surface area contributed by atoms with E-state index in [0.717, 1.165) is 0 Å². The van der Waals surface area contributed by atoms with Crippen LogP contribution < -0.4 is 4.72 Å². The lowest BCUT2D eigenvalue weighted by Crippen LogP contribution is -2.38. The van der Waals surface area contributed by atoms with Crippen molar-refractivity contribution in [3.8, 4) is 6.07 Å². The van der Waals surface area contributed by atoms with E-state index >= 15 is 0 Å². The van der Waals surface area contributed by atoms with Crippen LogP contribution in [0.3, 0.4) is 0 Å². The van der Waals surface area contributed by atoms with Gasteiger partial charge in [-0.25, -0.2) is 18.1 Å². The molecule has 1 aromatic rings. The summed E-state index contributed by atoms with van der Waals surface area (Å²) in [5.41, 5.74) is 0.180. The summed E-state index contributed by atoms with van der Waals surface area (Å²) in [6.07, 6.45) is 3.34. The number of rotatable bonds is 3. The maximum absolute atomic E-state index is 12.1. The highest BCUT2D eigenvalue weighted by molar-refractivity contribution is 7.89. The van der Waals surface area contributed by atoms with Crippen LogP contribution in [0.1, 0.15) is 31.4 Å². The van der Waals surface area contributed by atoms with Gasteiger partial charge in [-0.1, -0.05) is 0 Å². The molecule has 1 saturated carbocycles. The van der Waals surface area contributed by atoms with Crippen molar-refractivity contribution in [1.29, 1.82) is 5.26 Å². The van der Waals surface area contributed by atoms with Crippen LogP contribution in [0.2, 0.25) is 0 Å². The average molecular weight is 281 g/mol. The van der Waals surface area contributed by atoms with Crippen molar-refractivity contribution in [2.75, 3.05) is 0 Å². The molecule has 1 aromatic heterocycles. The van der Waals surface area contributed by atoms with E-state index in [1.807, 2.05) is 6.07 Å². The molecule has 102 valence electrons. The Labute approximate surface area is 112 Å². The van der Waals surface area contributed by atoms with Gasteiger partial charge in [0, 0.05) is 12.2 Å². The summed E-state index contributed by atoms with van der Waals surface area (Å²) in [6.45, 7) is 0. The first-order chi connectivity index (χ1) is 9.01. The first kappa shape index (κ1) is 13.9. The molecule has 19 heavy (non-hydrogen) atoms. The fraction of sp³-hybridized carbons (Fsp3) is 0.500. The van der Waals surface area contributed by atoms with Gasteiger partial charge >= 0.3 is 0 Å². The van der Waals surface area contributed by atoms with Crippen LogP contribution in [-0.4, -0.2) is 30.7 Å². The number of nitriles is 1. The Bertz CT molecular complexity index is 569. The van der Waals surface area contributed by atoms with Gasteiger partial charge in [-0.15, -0.1) is 0 Å². The highest BCUT2D eigenvalue weighted by Crippen LogP contribution is 2.20. The van der Waals surface area contributed by atoms with E-state index < -0.39 is 10.0 Å². The SMILES string of the molecule is N#Cc1ccc(S(=O)(=O)NC2CCC(O)CC2)cn1. The highest BCUT2D eigenvalue weighted by atomic mass is 32.2. The predicted octanol–water partition coefficient (Wildman–Crippen LogP) is 0.535. The molecular formula is C12H15N3O3S. The lowest BCUT2D eigenvalue weighted by molar-refractivity contribution is 0.120. The van der Waals surface area contributed by atoms with Crippen LogP contribution in [0.4, 0.5) is 0 Å². The van der Waals surface area contributed by atoms with Crippen molar-refractivity contribution in [2.45, 2.75) is 42.7 Å². The van der Waals surface area contributed by atoms with Crippen molar-refractivity contribution in [3.63, 3.8) is 0 Å². The van der Waals surface area contributed by atoms with Crippen LogP contribution in [-0.2, 0) is 10.0 Å². The van der Waals surface area contributed by atoms with Gasteiger partial charge in [-0.3, -0.25) is 0 Å². The lowest BCUT2D eigenvalue weighted by Gasteiger charge is -2.25. The molecule has 1 heterocycles. The Morgan fingerprint density at radius 3 is 2.53 bits per heavy atom. The zero-order valence-electron chi connectivity index (χ0n) is 10.3. The fourth-order valence-corrected chi connectivity index (χ4v) is 3.34. The normalized spacial score (nSPS) is 23.8. The summed E-state index contributed by atoms with van der Waals surface area (Å²) >= 11 is 0. The minimum Gasteiger partial charge on any atom is -0.393 e. The van der Waals surface area contributed by atoms with E-state index in [1.54, 1.807) is 0 Å². The molecule has 0 aromatic carbocycles. The van der Waals surface area contributed by atoms with Crippen LogP contribution in [0.15, 0.2) is 23.2 Å². The Morgan fingerprint density at radius 1 is 1.32 bits per heavy atom. The van der Waals surface area contributed by atoms with Crippen molar-refractivity contribution < 1.29 is 13.5 Å². The van der Waals surface area contributed by atoms with Crippen molar-refractivity contribution in [1.82, 2.24) is 9.71 Å². The third-order valence-corrected chi connectivity index (χ3v) is 4.69. The monoisotopic (exact) mass is 281 g/mol. The van der Waals surface area contributed by atoms with Crippen molar-refractivity contribution >= 4 is 10.0 Å². The number of aliphatic hydroxyl groups excluding tert-OH is 1. The zero-order chi connectivity index (χ0) is 13.9. The molecule has 1 aliphatic rings. The van der Waals surface area contributed by atoms with Crippen molar-refractivity contribution in [3.05, 3.63) is 24.0 Å². The summed E-state index contributed by atoms with van der Waals surface area (Å²) < 4.78 is 26.8. The molecule has 0 aliphatic heterocycles. The molecule has 1 aliphatic carbocycles. The average Bonchev–Trinajstić information content (AvgIpc) is 2.41. The van der Waals surface area contributed by atoms with Gasteiger partial charge < -0.3 is 5.11 Å². The second-order valence-electron chi connectivity index (χ2n) is 4.62. The number of hydrogen-bond donors (Lipinski definition) is 2. The van der Waals surface area contributed by atoms with E-state index in [0.29, 0.717) is 25.7 Å². The number of aliphatic hydroxyl groups is 1. The van der Waals surface area contributed by atoms with E-state index in [4.69, 9.17) is 5.26 Å². The van der Waals surface area contributed by atoms with Crippen LogP contribution >= 0.6 is 0 Å². The molecule has 2 N–H and O–H groups in total. The third-order valence-electron chi connectivity index (χ3n) is 3.18. The minimum absolute atomic E-state index is 0.0534. The van der Waals surface area contributed by atoms with Gasteiger partial charge in [0.25, 0.3) is 0 Å². The molecule has 0 atom stereocenters. The second kappa shape index (κ2) is 5.65. The number of aromatic nitrogens is 1. The first-order valence-corrected chi connectivity index (χ1v) is 7.56. The van der Waals surface area contributed by atoms with Gasteiger partial charge in [-0.2, -0.15) is 5.26 Å². The van der Waals surface area contributed by atoms with E-state index in [2.05, 4.69) is 9.71 Å². The standard InChI is InChI=1S/C12H15N3O3S/c13-7-10-3-6-12(8-14-10)19(17,18)15-9-1-4-11(16)5-2-9/h3,6,8-9,11,15-16H,1-2,4-5H2. The maximum atomic E-state index is 12.1. The molecule has 7 heteroatoms. The summed E-state index contributed by atoms with van der Waals surface area (Å²) in [5.74, 6) is 0. The molecule has 6 nitrogen and oxygen atoms in total. The van der Waals surface area contributed by atoms with E-state index in [-0.39, 0.29) is 22.7 Å². The Hall–Kier alpha value is -1.49. The summed E-state index contributed by atoms with van der Waals surface area (Å²) in [7, 11) is -3.61. The number of nitrogens with one attached hydrogen (secondary N) is 1. The van der Waals surface area contributed by atoms with Gasteiger partial charge in [0.05, 0.1) is 6.10 Å². The third kappa shape index (κ3) is 3.50. The Morgan fingerprint density at radius 2 is 2.00 bits per heavy atom. The summed E-state index contributed by atoms with van der Waals surface area (Å²) in [6, 6.07) is 4.43. The summed E-state index contributed by atoms with van der Waals surface area (Å²) in [4.78, 5) is 3.80. The topological polar surface area (TPSA) is 103 Å². The van der Waals surface area contributed by atoms with Crippen molar-refractivity contribution in [2.24, 2.45) is 0 Å². The maximum Gasteiger partial charge on any atom is 0.242 e. The Kier molecular flexibility index (Phi) is 4.14. The van der Waals surface area contributed by atoms with Gasteiger partial charge in [-0.05, 0) is 37.8 Å². The van der Waals surface area contributed by atoms with Gasteiger partial charge in [0.15, 0.2) is 0 Å². The predicted molar refractivity (Wildman–Crippen MR) is 67.5 cm³/mol. The van der Waals surface area contributed by atoms with Crippen LogP contribution in [0.25, 0.3) is 0 Å². The molecule has 0 unspecified atom stereocenters. The smallest absolute Gasteiger partial charge is 0.242 e. The molecule has 1 fully saturated rings. The molecule has 0 saturated heterocycles. The van der Waals surface area contributed by atoms with Crippen LogP contribution in [0, 0.1) is 11.3 Å². The second-order valence-corrected chi connectivity index (χ2v) is 6.33. The lowest BCUT2D eigenvalue weighted by atomic mass is 9.94. The van der Waals surface area contributed by atoms with Crippen LogP contribution in [0.5, 0.6) is 0 Å². The largest absolute Gasteiger partial charge is 0.393 e. The Balaban J connectivity index is 2.07. The zero-order valence-corrected chi connectivity index (χ0v) is 11.1. The molecule has 0 spiro atoms. The minimum atomic E-state index is -3.61. The first-order valence-electron chi connectivity index (χ1n) is 6.08. The number of pyridine rings is 1. The highest BCUT2D eigenvalue weighted by Gasteiger charge is 2.24. The number of hydrogen-bond acceptors (Lipinski definition) is 5. The molecule has 2 rings (SSSR count). The van der Waals surface area contributed by atoms with Gasteiger partial charge in [0.1, 0.15) is 16.7 Å². The molecular weight excluding hydrogens is 266 g/mol. The molecule has 0 amide bonds. The summed E-state index contributed by atoms with van der Waals surface area (Å²) in [5, 5.41) is 18.0. The quantitative estimate of drug-likeness (QED) is 0.841. The number of nitrogens with zero attached hydrogens (tertiary/aromatic N) is 2. The molecule has 0 bridgehead atoms. The molecule has 0 radical (unpaired) electrons. The van der Waals surface area contributed by atoms with E-state index in [1.165, 1.54) is 18.3 Å². The van der Waals surface area contributed by atoms with Gasteiger partial charge in [0.2, 0.25) is 10.0 Å².